The van der Waals surface area contributed by atoms with Crippen LogP contribution in [0.15, 0.2) is 0 Å². The normalized spacial score (nSPS) is 15.8. The van der Waals surface area contributed by atoms with Crippen molar-refractivity contribution in [2.24, 2.45) is 0 Å². The lowest BCUT2D eigenvalue weighted by atomic mass is 10.2. The molecule has 1 saturated carbocycles. The predicted octanol–water partition coefficient (Wildman–Crippen LogP) is 1.84. The summed E-state index contributed by atoms with van der Waals surface area (Å²) in [7, 11) is 1.69. The van der Waals surface area contributed by atoms with Gasteiger partial charge in [-0.05, 0) is 37.9 Å². The zero-order valence-corrected chi connectivity index (χ0v) is 12.2. The molecule has 0 bridgehead atoms. The van der Waals surface area contributed by atoms with Crippen LogP contribution < -0.4 is 10.6 Å². The van der Waals surface area contributed by atoms with E-state index in [2.05, 4.69) is 10.6 Å². The van der Waals surface area contributed by atoms with E-state index in [-0.39, 0.29) is 0 Å². The summed E-state index contributed by atoms with van der Waals surface area (Å²) in [6.07, 6.45) is 7.32. The van der Waals surface area contributed by atoms with E-state index in [1.54, 1.807) is 7.11 Å². The van der Waals surface area contributed by atoms with Gasteiger partial charge >= 0.3 is 0 Å². The lowest BCUT2D eigenvalue weighted by molar-refractivity contribution is 0.0689. The molecule has 0 aliphatic heterocycles. The van der Waals surface area contributed by atoms with E-state index >= 15 is 0 Å². The van der Waals surface area contributed by atoms with Crippen LogP contribution in [0.4, 0.5) is 0 Å². The Balaban J connectivity index is 1.83. The molecule has 0 aromatic rings. The maximum absolute atomic E-state index is 5.39. The molecule has 0 saturated heterocycles. The molecule has 18 heavy (non-hydrogen) atoms. The second-order valence-electron chi connectivity index (χ2n) is 4.69. The van der Waals surface area contributed by atoms with Gasteiger partial charge in [0.1, 0.15) is 0 Å². The molecule has 1 rings (SSSR count). The molecular formula is C13H26N2O2S. The number of rotatable bonds is 9. The number of thiocarbonyl (C=S) groups is 1. The molecule has 106 valence electrons. The second kappa shape index (κ2) is 10.5. The van der Waals surface area contributed by atoms with Gasteiger partial charge < -0.3 is 20.1 Å². The SMILES string of the molecule is COCCOCCCCNC(=S)NC1CCCC1. The van der Waals surface area contributed by atoms with Crippen LogP contribution in [-0.4, -0.2) is 44.6 Å². The molecule has 1 fully saturated rings. The molecule has 0 spiro atoms. The molecule has 0 amide bonds. The first-order valence-corrected chi connectivity index (χ1v) is 7.35. The van der Waals surface area contributed by atoms with E-state index in [1.807, 2.05) is 0 Å². The Labute approximate surface area is 116 Å². The maximum atomic E-state index is 5.39. The van der Waals surface area contributed by atoms with Gasteiger partial charge in [0.2, 0.25) is 0 Å². The standard InChI is InChI=1S/C13H26N2O2S/c1-16-10-11-17-9-5-4-8-14-13(18)15-12-6-2-3-7-12/h12H,2-11H2,1H3,(H2,14,15,18). The first-order valence-electron chi connectivity index (χ1n) is 6.94. The largest absolute Gasteiger partial charge is 0.382 e. The van der Waals surface area contributed by atoms with Crippen molar-refractivity contribution in [3.05, 3.63) is 0 Å². The molecule has 1 aliphatic rings. The molecule has 5 heteroatoms. The van der Waals surface area contributed by atoms with Crippen LogP contribution in [-0.2, 0) is 9.47 Å². The fraction of sp³-hybridized carbons (Fsp3) is 0.923. The van der Waals surface area contributed by atoms with E-state index in [1.165, 1.54) is 25.7 Å². The minimum absolute atomic E-state index is 0.599. The molecule has 0 radical (unpaired) electrons. The van der Waals surface area contributed by atoms with Gasteiger partial charge in [-0.3, -0.25) is 0 Å². The highest BCUT2D eigenvalue weighted by Gasteiger charge is 2.14. The van der Waals surface area contributed by atoms with E-state index in [4.69, 9.17) is 21.7 Å². The smallest absolute Gasteiger partial charge is 0.166 e. The Hall–Kier alpha value is -0.390. The number of nitrogens with one attached hydrogen (secondary N) is 2. The van der Waals surface area contributed by atoms with E-state index in [0.29, 0.717) is 19.3 Å². The highest BCUT2D eigenvalue weighted by molar-refractivity contribution is 7.80. The van der Waals surface area contributed by atoms with Crippen LogP contribution in [0, 0.1) is 0 Å². The highest BCUT2D eigenvalue weighted by atomic mass is 32.1. The van der Waals surface area contributed by atoms with Crippen LogP contribution in [0.2, 0.25) is 0 Å². The van der Waals surface area contributed by atoms with Crippen molar-refractivity contribution in [2.75, 3.05) is 33.5 Å². The van der Waals surface area contributed by atoms with Gasteiger partial charge in [-0.2, -0.15) is 0 Å². The van der Waals surface area contributed by atoms with Crippen molar-refractivity contribution in [3.63, 3.8) is 0 Å². The average Bonchev–Trinajstić information content (AvgIpc) is 2.85. The lowest BCUT2D eigenvalue weighted by Gasteiger charge is -2.15. The highest BCUT2D eigenvalue weighted by Crippen LogP contribution is 2.17. The molecule has 0 atom stereocenters. The minimum Gasteiger partial charge on any atom is -0.382 e. The Morgan fingerprint density at radius 2 is 1.94 bits per heavy atom. The van der Waals surface area contributed by atoms with Gasteiger partial charge in [0.15, 0.2) is 5.11 Å². The zero-order chi connectivity index (χ0) is 13.1. The van der Waals surface area contributed by atoms with E-state index < -0.39 is 0 Å². The van der Waals surface area contributed by atoms with E-state index in [0.717, 1.165) is 31.1 Å². The maximum Gasteiger partial charge on any atom is 0.166 e. The van der Waals surface area contributed by atoms with Crippen molar-refractivity contribution in [1.29, 1.82) is 0 Å². The van der Waals surface area contributed by atoms with Gasteiger partial charge in [-0.1, -0.05) is 12.8 Å². The quantitative estimate of drug-likeness (QED) is 0.496. The lowest BCUT2D eigenvalue weighted by Crippen LogP contribution is -2.41. The Kier molecular flexibility index (Phi) is 9.16. The molecule has 0 heterocycles. The van der Waals surface area contributed by atoms with Gasteiger partial charge in [0.25, 0.3) is 0 Å². The van der Waals surface area contributed by atoms with Crippen molar-refractivity contribution in [2.45, 2.75) is 44.6 Å². The summed E-state index contributed by atoms with van der Waals surface area (Å²) in [6.45, 7) is 3.08. The molecule has 2 N–H and O–H groups in total. The predicted molar refractivity (Wildman–Crippen MR) is 77.9 cm³/mol. The Morgan fingerprint density at radius 3 is 2.67 bits per heavy atom. The Bertz CT molecular complexity index is 221. The number of hydrogen-bond acceptors (Lipinski definition) is 3. The van der Waals surface area contributed by atoms with Crippen molar-refractivity contribution in [1.82, 2.24) is 10.6 Å². The second-order valence-corrected chi connectivity index (χ2v) is 5.10. The van der Waals surface area contributed by atoms with Crippen LogP contribution in [0.1, 0.15) is 38.5 Å². The molecular weight excluding hydrogens is 248 g/mol. The molecule has 0 aromatic heterocycles. The summed E-state index contributed by atoms with van der Waals surface area (Å²) < 4.78 is 10.3. The zero-order valence-electron chi connectivity index (χ0n) is 11.4. The number of hydrogen-bond donors (Lipinski definition) is 2. The fourth-order valence-corrected chi connectivity index (χ4v) is 2.35. The molecule has 4 nitrogen and oxygen atoms in total. The summed E-state index contributed by atoms with van der Waals surface area (Å²) in [4.78, 5) is 0. The van der Waals surface area contributed by atoms with E-state index in [9.17, 15) is 0 Å². The minimum atomic E-state index is 0.599. The van der Waals surface area contributed by atoms with Crippen LogP contribution >= 0.6 is 12.2 Å². The third-order valence-corrected chi connectivity index (χ3v) is 3.39. The molecule has 1 aliphatic carbocycles. The van der Waals surface area contributed by atoms with Crippen LogP contribution in [0.25, 0.3) is 0 Å². The Morgan fingerprint density at radius 1 is 1.17 bits per heavy atom. The van der Waals surface area contributed by atoms with Crippen molar-refractivity contribution in [3.8, 4) is 0 Å². The third-order valence-electron chi connectivity index (χ3n) is 3.12. The van der Waals surface area contributed by atoms with Crippen LogP contribution in [0.3, 0.4) is 0 Å². The van der Waals surface area contributed by atoms with Crippen molar-refractivity contribution < 1.29 is 9.47 Å². The average molecular weight is 274 g/mol. The first kappa shape index (κ1) is 15.7. The number of unbranched alkanes of at least 4 members (excludes halogenated alkanes) is 1. The molecule has 0 unspecified atom stereocenters. The van der Waals surface area contributed by atoms with Gasteiger partial charge in [-0.25, -0.2) is 0 Å². The fourth-order valence-electron chi connectivity index (χ4n) is 2.08. The summed E-state index contributed by atoms with van der Waals surface area (Å²) in [5.41, 5.74) is 0. The third kappa shape index (κ3) is 7.84. The van der Waals surface area contributed by atoms with Crippen molar-refractivity contribution >= 4 is 17.3 Å². The van der Waals surface area contributed by atoms with Gasteiger partial charge in [0.05, 0.1) is 13.2 Å². The first-order chi connectivity index (χ1) is 8.83. The topological polar surface area (TPSA) is 42.5 Å². The van der Waals surface area contributed by atoms with Gasteiger partial charge in [-0.15, -0.1) is 0 Å². The summed E-state index contributed by atoms with van der Waals surface area (Å²) in [5.74, 6) is 0. The van der Waals surface area contributed by atoms with Crippen LogP contribution in [0.5, 0.6) is 0 Å². The number of methoxy groups -OCH3 is 1. The monoisotopic (exact) mass is 274 g/mol. The number of ether oxygens (including phenoxy) is 2. The molecule has 0 aromatic carbocycles. The van der Waals surface area contributed by atoms with Gasteiger partial charge in [0, 0.05) is 26.3 Å². The summed E-state index contributed by atoms with van der Waals surface area (Å²) in [5, 5.41) is 7.43. The summed E-state index contributed by atoms with van der Waals surface area (Å²) in [6, 6.07) is 0.599. The summed E-state index contributed by atoms with van der Waals surface area (Å²) >= 11 is 5.26.